The zero-order chi connectivity index (χ0) is 11.4. The van der Waals surface area contributed by atoms with Crippen molar-refractivity contribution >= 4 is 11.6 Å². The maximum atomic E-state index is 9.25. The van der Waals surface area contributed by atoms with E-state index in [4.69, 9.17) is 22.1 Å². The van der Waals surface area contributed by atoms with Crippen LogP contribution in [0.2, 0.25) is 5.02 Å². The lowest BCUT2D eigenvalue weighted by molar-refractivity contribution is 0.114. The van der Waals surface area contributed by atoms with Crippen molar-refractivity contribution in [2.75, 3.05) is 13.2 Å². The average molecular weight is 230 g/mol. The first kappa shape index (κ1) is 12.3. The van der Waals surface area contributed by atoms with Crippen molar-refractivity contribution < 1.29 is 9.84 Å². The second-order valence-corrected chi connectivity index (χ2v) is 3.90. The molecule has 0 bridgehead atoms. The standard InChI is InChI=1S/C11H16ClNO2/c1-7-3-4-10(8(2)11(7)12)15-6-9(14)5-13/h3-4,9,14H,5-6,13H2,1-2H3/t9-/m1/s1. The molecular formula is C11H16ClNO2. The number of halogens is 1. The number of ether oxygens (including phenoxy) is 1. The fourth-order valence-corrected chi connectivity index (χ4v) is 1.37. The van der Waals surface area contributed by atoms with Crippen LogP contribution in [0.3, 0.4) is 0 Å². The minimum atomic E-state index is -0.635. The van der Waals surface area contributed by atoms with Gasteiger partial charge in [-0.25, -0.2) is 0 Å². The lowest BCUT2D eigenvalue weighted by atomic mass is 10.1. The summed E-state index contributed by atoms with van der Waals surface area (Å²) < 4.78 is 5.41. The van der Waals surface area contributed by atoms with Crippen LogP contribution in [0.1, 0.15) is 11.1 Å². The summed E-state index contributed by atoms with van der Waals surface area (Å²) in [6.07, 6.45) is -0.635. The molecule has 0 spiro atoms. The Bertz CT molecular complexity index is 342. The minimum Gasteiger partial charge on any atom is -0.491 e. The Balaban J connectivity index is 2.74. The summed E-state index contributed by atoms with van der Waals surface area (Å²) in [5.74, 6) is 0.693. The second kappa shape index (κ2) is 5.35. The largest absolute Gasteiger partial charge is 0.491 e. The van der Waals surface area contributed by atoms with Crippen molar-refractivity contribution in [1.82, 2.24) is 0 Å². The van der Waals surface area contributed by atoms with Crippen molar-refractivity contribution in [2.24, 2.45) is 5.73 Å². The van der Waals surface area contributed by atoms with Gasteiger partial charge in [0.25, 0.3) is 0 Å². The number of nitrogens with two attached hydrogens (primary N) is 1. The summed E-state index contributed by atoms with van der Waals surface area (Å²) in [6, 6.07) is 3.74. The number of aryl methyl sites for hydroxylation is 1. The van der Waals surface area contributed by atoms with Gasteiger partial charge in [-0.15, -0.1) is 0 Å². The molecule has 0 aromatic heterocycles. The van der Waals surface area contributed by atoms with E-state index in [0.717, 1.165) is 11.1 Å². The summed E-state index contributed by atoms with van der Waals surface area (Å²) >= 11 is 6.06. The van der Waals surface area contributed by atoms with Crippen molar-refractivity contribution in [3.05, 3.63) is 28.3 Å². The van der Waals surface area contributed by atoms with Crippen molar-refractivity contribution in [3.63, 3.8) is 0 Å². The number of hydrogen-bond donors (Lipinski definition) is 2. The summed E-state index contributed by atoms with van der Waals surface area (Å²) in [6.45, 7) is 4.21. The Hall–Kier alpha value is -0.770. The number of rotatable bonds is 4. The van der Waals surface area contributed by atoms with Crippen LogP contribution in [-0.2, 0) is 0 Å². The predicted octanol–water partition coefficient (Wildman–Crippen LogP) is 1.66. The molecule has 1 rings (SSSR count). The van der Waals surface area contributed by atoms with E-state index in [-0.39, 0.29) is 13.2 Å². The van der Waals surface area contributed by atoms with Crippen LogP contribution in [0.5, 0.6) is 5.75 Å². The van der Waals surface area contributed by atoms with Gasteiger partial charge >= 0.3 is 0 Å². The highest BCUT2D eigenvalue weighted by Crippen LogP contribution is 2.28. The Morgan fingerprint density at radius 3 is 2.73 bits per heavy atom. The predicted molar refractivity (Wildman–Crippen MR) is 61.5 cm³/mol. The highest BCUT2D eigenvalue weighted by molar-refractivity contribution is 6.32. The lowest BCUT2D eigenvalue weighted by Crippen LogP contribution is -2.26. The topological polar surface area (TPSA) is 55.5 Å². The van der Waals surface area contributed by atoms with Crippen LogP contribution >= 0.6 is 11.6 Å². The zero-order valence-electron chi connectivity index (χ0n) is 8.96. The third-order valence-corrected chi connectivity index (χ3v) is 2.81. The Kier molecular flexibility index (Phi) is 4.39. The summed E-state index contributed by atoms with van der Waals surface area (Å²) in [4.78, 5) is 0. The van der Waals surface area contributed by atoms with E-state index in [2.05, 4.69) is 0 Å². The molecule has 3 N–H and O–H groups in total. The van der Waals surface area contributed by atoms with Gasteiger partial charge in [0.15, 0.2) is 0 Å². The van der Waals surface area contributed by atoms with E-state index in [1.807, 2.05) is 26.0 Å². The van der Waals surface area contributed by atoms with Crippen LogP contribution in [0.25, 0.3) is 0 Å². The summed E-state index contributed by atoms with van der Waals surface area (Å²) in [5.41, 5.74) is 7.18. The molecule has 0 fully saturated rings. The molecule has 0 radical (unpaired) electrons. The van der Waals surface area contributed by atoms with E-state index in [9.17, 15) is 5.11 Å². The van der Waals surface area contributed by atoms with Gasteiger partial charge in [0.05, 0.1) is 5.02 Å². The Morgan fingerprint density at radius 2 is 2.13 bits per heavy atom. The highest BCUT2D eigenvalue weighted by Gasteiger charge is 2.08. The number of aliphatic hydroxyl groups excluding tert-OH is 1. The molecule has 3 nitrogen and oxygen atoms in total. The molecular weight excluding hydrogens is 214 g/mol. The molecule has 1 aromatic rings. The smallest absolute Gasteiger partial charge is 0.123 e. The van der Waals surface area contributed by atoms with Gasteiger partial charge in [0, 0.05) is 12.1 Å². The van der Waals surface area contributed by atoms with Crippen molar-refractivity contribution in [2.45, 2.75) is 20.0 Å². The molecule has 0 heterocycles. The van der Waals surface area contributed by atoms with E-state index >= 15 is 0 Å². The first-order valence-electron chi connectivity index (χ1n) is 4.83. The maximum absolute atomic E-state index is 9.25. The van der Waals surface area contributed by atoms with Gasteiger partial charge in [-0.05, 0) is 25.5 Å². The number of benzene rings is 1. The molecule has 1 aromatic carbocycles. The highest BCUT2D eigenvalue weighted by atomic mass is 35.5. The summed E-state index contributed by atoms with van der Waals surface area (Å²) in [7, 11) is 0. The molecule has 0 unspecified atom stereocenters. The van der Waals surface area contributed by atoms with Crippen LogP contribution in [-0.4, -0.2) is 24.4 Å². The third kappa shape index (κ3) is 3.09. The quantitative estimate of drug-likeness (QED) is 0.826. The van der Waals surface area contributed by atoms with Gasteiger partial charge in [-0.3, -0.25) is 0 Å². The molecule has 84 valence electrons. The molecule has 0 aliphatic heterocycles. The van der Waals surface area contributed by atoms with Crippen LogP contribution in [0.4, 0.5) is 0 Å². The molecule has 4 heteroatoms. The van der Waals surface area contributed by atoms with Gasteiger partial charge in [-0.1, -0.05) is 17.7 Å². The van der Waals surface area contributed by atoms with Gasteiger partial charge < -0.3 is 15.6 Å². The molecule has 0 aliphatic carbocycles. The van der Waals surface area contributed by atoms with Gasteiger partial charge in [0.2, 0.25) is 0 Å². The zero-order valence-corrected chi connectivity index (χ0v) is 9.71. The summed E-state index contributed by atoms with van der Waals surface area (Å²) in [5, 5.41) is 9.95. The van der Waals surface area contributed by atoms with Crippen molar-refractivity contribution in [1.29, 1.82) is 0 Å². The van der Waals surface area contributed by atoms with Gasteiger partial charge in [0.1, 0.15) is 18.5 Å². The molecule has 0 amide bonds. The first-order valence-corrected chi connectivity index (χ1v) is 5.20. The Labute approximate surface area is 94.8 Å². The molecule has 15 heavy (non-hydrogen) atoms. The fourth-order valence-electron chi connectivity index (χ4n) is 1.21. The Morgan fingerprint density at radius 1 is 1.47 bits per heavy atom. The molecule has 0 aliphatic rings. The normalized spacial score (nSPS) is 12.6. The monoisotopic (exact) mass is 229 g/mol. The van der Waals surface area contributed by atoms with Crippen LogP contribution in [0, 0.1) is 13.8 Å². The maximum Gasteiger partial charge on any atom is 0.123 e. The third-order valence-electron chi connectivity index (χ3n) is 2.23. The first-order chi connectivity index (χ1) is 7.06. The average Bonchev–Trinajstić information content (AvgIpc) is 2.24. The fraction of sp³-hybridized carbons (Fsp3) is 0.455. The second-order valence-electron chi connectivity index (χ2n) is 3.52. The van der Waals surface area contributed by atoms with E-state index in [0.29, 0.717) is 10.8 Å². The van der Waals surface area contributed by atoms with E-state index in [1.165, 1.54) is 0 Å². The van der Waals surface area contributed by atoms with Crippen molar-refractivity contribution in [3.8, 4) is 5.75 Å². The number of hydrogen-bond acceptors (Lipinski definition) is 3. The van der Waals surface area contributed by atoms with Crippen LogP contribution in [0.15, 0.2) is 12.1 Å². The molecule has 0 saturated heterocycles. The molecule has 0 saturated carbocycles. The van der Waals surface area contributed by atoms with E-state index in [1.54, 1.807) is 0 Å². The lowest BCUT2D eigenvalue weighted by Gasteiger charge is -2.13. The number of aliphatic hydroxyl groups is 1. The molecule has 1 atom stereocenters. The SMILES string of the molecule is Cc1ccc(OC[C@H](O)CN)c(C)c1Cl. The minimum absolute atomic E-state index is 0.191. The van der Waals surface area contributed by atoms with Gasteiger partial charge in [-0.2, -0.15) is 0 Å². The van der Waals surface area contributed by atoms with E-state index < -0.39 is 6.10 Å². The van der Waals surface area contributed by atoms with Crippen LogP contribution < -0.4 is 10.5 Å².